The largest absolute Gasteiger partial charge is 0.493 e. The van der Waals surface area contributed by atoms with E-state index in [9.17, 15) is 14.9 Å². The number of nitro benzene ring substituents is 1. The maximum atomic E-state index is 11.4. The van der Waals surface area contributed by atoms with Crippen LogP contribution in [-0.4, -0.2) is 23.1 Å². The minimum Gasteiger partial charge on any atom is -0.493 e. The van der Waals surface area contributed by atoms with Crippen LogP contribution in [0.5, 0.6) is 11.5 Å². The van der Waals surface area contributed by atoms with Crippen molar-refractivity contribution in [2.45, 2.75) is 26.4 Å². The third kappa shape index (κ3) is 3.65. The topological polar surface area (TPSA) is 98.9 Å². The molecule has 0 bridgehead atoms. The average molecular weight is 269 g/mol. The van der Waals surface area contributed by atoms with Gasteiger partial charge in [0.15, 0.2) is 11.5 Å². The van der Waals surface area contributed by atoms with Crippen molar-refractivity contribution in [3.05, 3.63) is 27.8 Å². The normalized spacial score (nSPS) is 10.1. The Bertz CT molecular complexity index is 485. The first-order chi connectivity index (χ1) is 9.03. The van der Waals surface area contributed by atoms with Gasteiger partial charge in [-0.15, -0.1) is 0 Å². The smallest absolute Gasteiger partial charge is 0.311 e. The van der Waals surface area contributed by atoms with Crippen molar-refractivity contribution in [3.63, 3.8) is 0 Å². The number of nitrogens with zero attached hydrogens (tertiary/aromatic N) is 1. The van der Waals surface area contributed by atoms with Crippen LogP contribution in [0.4, 0.5) is 5.69 Å². The molecule has 0 fully saturated rings. The van der Waals surface area contributed by atoms with Gasteiger partial charge in [-0.05, 0) is 12.5 Å². The quantitative estimate of drug-likeness (QED) is 0.366. The number of esters is 1. The van der Waals surface area contributed by atoms with E-state index in [1.54, 1.807) is 0 Å². The zero-order valence-electron chi connectivity index (χ0n) is 10.7. The van der Waals surface area contributed by atoms with E-state index < -0.39 is 17.5 Å². The SMILES string of the molecule is CCCC(=O)Oc1cc([N+](=O)[O-])c(CO)cc1OC. The van der Waals surface area contributed by atoms with Gasteiger partial charge < -0.3 is 14.6 Å². The summed E-state index contributed by atoms with van der Waals surface area (Å²) in [5, 5.41) is 19.9. The summed E-state index contributed by atoms with van der Waals surface area (Å²) in [6.45, 7) is 1.31. The molecule has 1 N–H and O–H groups in total. The van der Waals surface area contributed by atoms with Crippen LogP contribution in [0.1, 0.15) is 25.3 Å². The molecule has 0 radical (unpaired) electrons. The van der Waals surface area contributed by atoms with Gasteiger partial charge in [-0.3, -0.25) is 14.9 Å². The lowest BCUT2D eigenvalue weighted by molar-refractivity contribution is -0.385. The standard InChI is InChI=1S/C12H15NO6/c1-3-4-12(15)19-11-6-9(13(16)17)8(7-14)5-10(11)18-2/h5-6,14H,3-4,7H2,1-2H3. The van der Waals surface area contributed by atoms with Crippen LogP contribution in [-0.2, 0) is 11.4 Å². The molecule has 1 aromatic carbocycles. The first-order valence-electron chi connectivity index (χ1n) is 5.70. The highest BCUT2D eigenvalue weighted by molar-refractivity contribution is 5.74. The Hall–Kier alpha value is -2.15. The summed E-state index contributed by atoms with van der Waals surface area (Å²) in [5.41, 5.74) is -0.222. The maximum absolute atomic E-state index is 11.4. The van der Waals surface area contributed by atoms with Crippen molar-refractivity contribution in [1.29, 1.82) is 0 Å². The highest BCUT2D eigenvalue weighted by Gasteiger charge is 2.20. The van der Waals surface area contributed by atoms with Gasteiger partial charge in [-0.2, -0.15) is 0 Å². The molecule has 7 heteroatoms. The Labute approximate surface area is 109 Å². The Balaban J connectivity index is 3.18. The monoisotopic (exact) mass is 269 g/mol. The number of carbonyl (C=O) groups is 1. The number of aliphatic hydroxyl groups excluding tert-OH is 1. The molecule has 0 aliphatic heterocycles. The zero-order chi connectivity index (χ0) is 14.4. The van der Waals surface area contributed by atoms with Crippen molar-refractivity contribution in [1.82, 2.24) is 0 Å². The van der Waals surface area contributed by atoms with Gasteiger partial charge in [0.25, 0.3) is 5.69 Å². The minimum absolute atomic E-state index is 0.0233. The molecule has 104 valence electrons. The van der Waals surface area contributed by atoms with E-state index in [4.69, 9.17) is 14.6 Å². The molecule has 0 heterocycles. The third-order valence-corrected chi connectivity index (χ3v) is 2.41. The number of aliphatic hydroxyl groups is 1. The van der Waals surface area contributed by atoms with Crippen LogP contribution >= 0.6 is 0 Å². The molecule has 1 aromatic rings. The fourth-order valence-electron chi connectivity index (χ4n) is 1.50. The van der Waals surface area contributed by atoms with Crippen LogP contribution < -0.4 is 9.47 Å². The number of hydrogen-bond donors (Lipinski definition) is 1. The summed E-state index contributed by atoms with van der Waals surface area (Å²) >= 11 is 0. The molecule has 0 saturated carbocycles. The Morgan fingerprint density at radius 3 is 2.58 bits per heavy atom. The van der Waals surface area contributed by atoms with Crippen LogP contribution in [0.25, 0.3) is 0 Å². The number of ether oxygens (including phenoxy) is 2. The number of rotatable bonds is 6. The zero-order valence-corrected chi connectivity index (χ0v) is 10.7. The fraction of sp³-hybridized carbons (Fsp3) is 0.417. The van der Waals surface area contributed by atoms with Gasteiger partial charge in [0.2, 0.25) is 0 Å². The predicted molar refractivity (Wildman–Crippen MR) is 66.1 cm³/mol. The van der Waals surface area contributed by atoms with Crippen molar-refractivity contribution < 1.29 is 24.3 Å². The third-order valence-electron chi connectivity index (χ3n) is 2.41. The second-order valence-corrected chi connectivity index (χ2v) is 3.77. The molecule has 0 amide bonds. The van der Waals surface area contributed by atoms with E-state index >= 15 is 0 Å². The predicted octanol–water partition coefficient (Wildman–Crippen LogP) is 1.80. The molecule has 0 aliphatic carbocycles. The van der Waals surface area contributed by atoms with Crippen LogP contribution in [0, 0.1) is 10.1 Å². The second kappa shape index (κ2) is 6.69. The van der Waals surface area contributed by atoms with Crippen molar-refractivity contribution in [3.8, 4) is 11.5 Å². The highest BCUT2D eigenvalue weighted by Crippen LogP contribution is 2.35. The van der Waals surface area contributed by atoms with Crippen molar-refractivity contribution in [2.75, 3.05) is 7.11 Å². The van der Waals surface area contributed by atoms with Gasteiger partial charge in [0.05, 0.1) is 30.3 Å². The van der Waals surface area contributed by atoms with Gasteiger partial charge in [0, 0.05) is 6.42 Å². The first kappa shape index (κ1) is 14.9. The van der Waals surface area contributed by atoms with E-state index in [1.807, 2.05) is 6.92 Å². The lowest BCUT2D eigenvalue weighted by Crippen LogP contribution is -2.09. The molecule has 1 rings (SSSR count). The van der Waals surface area contributed by atoms with Gasteiger partial charge in [0.1, 0.15) is 0 Å². The molecular weight excluding hydrogens is 254 g/mol. The maximum Gasteiger partial charge on any atom is 0.311 e. The van der Waals surface area contributed by atoms with E-state index in [-0.39, 0.29) is 29.2 Å². The fourth-order valence-corrected chi connectivity index (χ4v) is 1.50. The van der Waals surface area contributed by atoms with E-state index in [2.05, 4.69) is 0 Å². The number of carbonyl (C=O) groups excluding carboxylic acids is 1. The summed E-state index contributed by atoms with van der Waals surface area (Å²) in [7, 11) is 1.35. The molecule has 0 aliphatic rings. The van der Waals surface area contributed by atoms with Crippen LogP contribution in [0.3, 0.4) is 0 Å². The number of nitro groups is 1. The molecular formula is C12H15NO6. The molecule has 7 nitrogen and oxygen atoms in total. The second-order valence-electron chi connectivity index (χ2n) is 3.77. The molecule has 0 spiro atoms. The Kier molecular flexibility index (Phi) is 5.25. The van der Waals surface area contributed by atoms with Gasteiger partial charge in [-0.1, -0.05) is 6.92 Å². The van der Waals surface area contributed by atoms with Crippen molar-refractivity contribution in [2.24, 2.45) is 0 Å². The van der Waals surface area contributed by atoms with Crippen molar-refractivity contribution >= 4 is 11.7 Å². The summed E-state index contributed by atoms with van der Waals surface area (Å²) in [6, 6.07) is 2.37. The van der Waals surface area contributed by atoms with Crippen LogP contribution in [0.15, 0.2) is 12.1 Å². The number of hydrogen-bond acceptors (Lipinski definition) is 6. The summed E-state index contributed by atoms with van der Waals surface area (Å²) in [6.07, 6.45) is 0.816. The number of benzene rings is 1. The Morgan fingerprint density at radius 1 is 1.42 bits per heavy atom. The first-order valence-corrected chi connectivity index (χ1v) is 5.70. The molecule has 0 unspecified atom stereocenters. The van der Waals surface area contributed by atoms with Crippen LogP contribution in [0.2, 0.25) is 0 Å². The van der Waals surface area contributed by atoms with Gasteiger partial charge >= 0.3 is 5.97 Å². The summed E-state index contributed by atoms with van der Waals surface area (Å²) < 4.78 is 10.0. The minimum atomic E-state index is -0.651. The molecule has 0 aromatic heterocycles. The van der Waals surface area contributed by atoms with Gasteiger partial charge in [-0.25, -0.2) is 0 Å². The molecule has 0 atom stereocenters. The number of methoxy groups -OCH3 is 1. The average Bonchev–Trinajstić information content (AvgIpc) is 2.38. The Morgan fingerprint density at radius 2 is 2.11 bits per heavy atom. The van der Waals surface area contributed by atoms with E-state index in [0.717, 1.165) is 6.07 Å². The van der Waals surface area contributed by atoms with E-state index in [0.29, 0.717) is 6.42 Å². The molecule has 19 heavy (non-hydrogen) atoms. The molecule has 0 saturated heterocycles. The lowest BCUT2D eigenvalue weighted by Gasteiger charge is -2.10. The summed E-state index contributed by atoms with van der Waals surface area (Å²) in [4.78, 5) is 21.6. The summed E-state index contributed by atoms with van der Waals surface area (Å²) in [5.74, 6) is -0.351. The highest BCUT2D eigenvalue weighted by atomic mass is 16.6. The van der Waals surface area contributed by atoms with E-state index in [1.165, 1.54) is 13.2 Å². The lowest BCUT2D eigenvalue weighted by atomic mass is 10.1.